The first-order valence-electron chi connectivity index (χ1n) is 14.0. The monoisotopic (exact) mass is 607 g/mol. The largest absolute Gasteiger partial charge is 0.497 e. The van der Waals surface area contributed by atoms with Gasteiger partial charge in [0.15, 0.2) is 18.5 Å². The quantitative estimate of drug-likeness (QED) is 0.247. The third-order valence-corrected chi connectivity index (χ3v) is 7.28. The molecule has 0 aliphatic carbocycles. The molecule has 5 unspecified atom stereocenters. The minimum atomic E-state index is -1.61. The van der Waals surface area contributed by atoms with Crippen LogP contribution < -0.4 is 14.8 Å². The van der Waals surface area contributed by atoms with Crippen LogP contribution in [0.5, 0.6) is 11.5 Å². The zero-order valence-corrected chi connectivity index (χ0v) is 25.2. The number of ether oxygens (including phenoxy) is 6. The molecule has 1 aliphatic heterocycles. The van der Waals surface area contributed by atoms with Gasteiger partial charge in [0.2, 0.25) is 5.91 Å². The van der Waals surface area contributed by atoms with Crippen LogP contribution in [0.25, 0.3) is 0 Å². The van der Waals surface area contributed by atoms with E-state index in [2.05, 4.69) is 5.32 Å². The highest BCUT2D eigenvalue weighted by molar-refractivity contribution is 5.73. The summed E-state index contributed by atoms with van der Waals surface area (Å²) in [5, 5.41) is 13.5. The second kappa shape index (κ2) is 14.3. The summed E-state index contributed by atoms with van der Waals surface area (Å²) >= 11 is 0. The molecule has 2 N–H and O–H groups in total. The maximum atomic E-state index is 12.3. The maximum absolute atomic E-state index is 12.3. The normalized spacial score (nSPS) is 21.5. The van der Waals surface area contributed by atoms with E-state index in [1.807, 2.05) is 78.9 Å². The Morgan fingerprint density at radius 1 is 0.750 bits per heavy atom. The number of benzene rings is 3. The van der Waals surface area contributed by atoms with Crippen molar-refractivity contribution in [3.05, 3.63) is 95.6 Å². The standard InChI is InChI=1S/C33H37NO10/c1-20(35)34-29-31(43-22(3)37)30(42-21(2)36)28(44-32(29)38)19-41-33(23-9-7-6-8-10-23,24-11-15-26(39-4)16-12-24)25-13-17-27(40-5)18-14-25/h6-18,28-32,38H,19H2,1-5H3,(H,34,35). The summed E-state index contributed by atoms with van der Waals surface area (Å²) in [7, 11) is 3.15. The molecule has 11 heteroatoms. The number of aliphatic hydroxyl groups is 1. The van der Waals surface area contributed by atoms with Crippen molar-refractivity contribution in [2.75, 3.05) is 20.8 Å². The summed E-state index contributed by atoms with van der Waals surface area (Å²) in [5.41, 5.74) is 0.995. The predicted molar refractivity (Wildman–Crippen MR) is 158 cm³/mol. The molecule has 1 amide bonds. The van der Waals surface area contributed by atoms with Gasteiger partial charge in [-0.15, -0.1) is 0 Å². The topological polar surface area (TPSA) is 139 Å². The molecule has 4 rings (SSSR count). The molecule has 1 fully saturated rings. The van der Waals surface area contributed by atoms with Crippen LogP contribution in [-0.2, 0) is 38.9 Å². The van der Waals surface area contributed by atoms with Crippen LogP contribution in [0.3, 0.4) is 0 Å². The Kier molecular flexibility index (Phi) is 10.6. The van der Waals surface area contributed by atoms with Crippen molar-refractivity contribution in [3.63, 3.8) is 0 Å². The summed E-state index contributed by atoms with van der Waals surface area (Å²) in [4.78, 5) is 36.3. The van der Waals surface area contributed by atoms with Gasteiger partial charge in [-0.3, -0.25) is 14.4 Å². The Labute approximate surface area is 256 Å². The van der Waals surface area contributed by atoms with Gasteiger partial charge >= 0.3 is 11.9 Å². The Hall–Kier alpha value is -4.45. The predicted octanol–water partition coefficient (Wildman–Crippen LogP) is 3.10. The summed E-state index contributed by atoms with van der Waals surface area (Å²) in [6.45, 7) is 3.37. The van der Waals surface area contributed by atoms with Gasteiger partial charge in [0.05, 0.1) is 20.8 Å². The Morgan fingerprint density at radius 2 is 1.23 bits per heavy atom. The second-order valence-electron chi connectivity index (χ2n) is 10.3. The Bertz CT molecular complexity index is 1360. The lowest BCUT2D eigenvalue weighted by Gasteiger charge is -2.45. The average Bonchev–Trinajstić information content (AvgIpc) is 3.01. The molecule has 0 bridgehead atoms. The van der Waals surface area contributed by atoms with Crippen molar-refractivity contribution in [1.29, 1.82) is 0 Å². The fourth-order valence-corrected chi connectivity index (χ4v) is 5.39. The van der Waals surface area contributed by atoms with E-state index in [0.29, 0.717) is 11.5 Å². The number of amides is 1. The molecule has 5 atom stereocenters. The maximum Gasteiger partial charge on any atom is 0.303 e. The minimum absolute atomic E-state index is 0.244. The summed E-state index contributed by atoms with van der Waals surface area (Å²) in [5.74, 6) is -0.599. The van der Waals surface area contributed by atoms with Gasteiger partial charge in [-0.25, -0.2) is 0 Å². The first-order chi connectivity index (χ1) is 21.1. The molecule has 44 heavy (non-hydrogen) atoms. The third kappa shape index (κ3) is 7.19. The molecular weight excluding hydrogens is 570 g/mol. The molecule has 1 heterocycles. The van der Waals surface area contributed by atoms with Gasteiger partial charge in [-0.2, -0.15) is 0 Å². The Morgan fingerprint density at radius 3 is 1.68 bits per heavy atom. The van der Waals surface area contributed by atoms with Gasteiger partial charge in [-0.1, -0.05) is 54.6 Å². The molecule has 0 spiro atoms. The van der Waals surface area contributed by atoms with Gasteiger partial charge in [0.25, 0.3) is 0 Å². The van der Waals surface area contributed by atoms with Gasteiger partial charge in [-0.05, 0) is 41.0 Å². The number of nitrogens with one attached hydrogen (secondary N) is 1. The van der Waals surface area contributed by atoms with Crippen molar-refractivity contribution in [2.24, 2.45) is 0 Å². The van der Waals surface area contributed by atoms with E-state index in [1.54, 1.807) is 14.2 Å². The van der Waals surface area contributed by atoms with Crippen molar-refractivity contribution in [3.8, 4) is 11.5 Å². The van der Waals surface area contributed by atoms with E-state index in [-0.39, 0.29) is 6.61 Å². The number of aliphatic hydroxyl groups excluding tert-OH is 1. The van der Waals surface area contributed by atoms with Gasteiger partial charge in [0, 0.05) is 20.8 Å². The van der Waals surface area contributed by atoms with Crippen LogP contribution in [-0.4, -0.2) is 74.4 Å². The summed E-state index contributed by atoms with van der Waals surface area (Å²) in [6.07, 6.45) is -5.25. The summed E-state index contributed by atoms with van der Waals surface area (Å²) < 4.78 is 34.7. The van der Waals surface area contributed by atoms with Crippen molar-refractivity contribution in [1.82, 2.24) is 5.32 Å². The van der Waals surface area contributed by atoms with Crippen LogP contribution in [0.4, 0.5) is 0 Å². The molecule has 1 saturated heterocycles. The molecule has 3 aromatic rings. The van der Waals surface area contributed by atoms with Crippen LogP contribution >= 0.6 is 0 Å². The number of esters is 2. The highest BCUT2D eigenvalue weighted by atomic mass is 16.7. The summed E-state index contributed by atoms with van der Waals surface area (Å²) in [6, 6.07) is 23.1. The number of carbonyl (C=O) groups excluding carboxylic acids is 3. The van der Waals surface area contributed by atoms with Gasteiger partial charge in [0.1, 0.15) is 29.2 Å². The van der Waals surface area contributed by atoms with Crippen molar-refractivity contribution < 1.29 is 47.9 Å². The molecule has 3 aromatic carbocycles. The van der Waals surface area contributed by atoms with Crippen LogP contribution in [0.15, 0.2) is 78.9 Å². The van der Waals surface area contributed by atoms with E-state index in [1.165, 1.54) is 20.8 Å². The van der Waals surface area contributed by atoms with E-state index in [4.69, 9.17) is 28.4 Å². The van der Waals surface area contributed by atoms with E-state index in [0.717, 1.165) is 16.7 Å². The van der Waals surface area contributed by atoms with Crippen LogP contribution in [0.1, 0.15) is 37.5 Å². The van der Waals surface area contributed by atoms with Crippen molar-refractivity contribution >= 4 is 17.8 Å². The molecular formula is C33H37NO10. The second-order valence-corrected chi connectivity index (χ2v) is 10.3. The third-order valence-electron chi connectivity index (χ3n) is 7.28. The minimum Gasteiger partial charge on any atom is -0.497 e. The molecule has 234 valence electrons. The van der Waals surface area contributed by atoms with Crippen molar-refractivity contribution in [2.45, 2.75) is 57.0 Å². The molecule has 11 nitrogen and oxygen atoms in total. The highest BCUT2D eigenvalue weighted by Crippen LogP contribution is 2.42. The number of carbonyl (C=O) groups is 3. The molecule has 0 radical (unpaired) electrons. The average molecular weight is 608 g/mol. The fourth-order valence-electron chi connectivity index (χ4n) is 5.39. The lowest BCUT2D eigenvalue weighted by atomic mass is 9.80. The first kappa shape index (κ1) is 32.5. The van der Waals surface area contributed by atoms with E-state index >= 15 is 0 Å². The number of methoxy groups -OCH3 is 2. The fraction of sp³-hybridized carbons (Fsp3) is 0.364. The zero-order valence-electron chi connectivity index (χ0n) is 25.2. The molecule has 0 aromatic heterocycles. The van der Waals surface area contributed by atoms with E-state index in [9.17, 15) is 19.5 Å². The Balaban J connectivity index is 1.83. The first-order valence-corrected chi connectivity index (χ1v) is 14.0. The highest BCUT2D eigenvalue weighted by Gasteiger charge is 2.51. The number of hydrogen-bond donors (Lipinski definition) is 2. The lowest BCUT2D eigenvalue weighted by molar-refractivity contribution is -0.269. The number of hydrogen-bond acceptors (Lipinski definition) is 10. The number of rotatable bonds is 11. The zero-order chi connectivity index (χ0) is 31.9. The molecule has 0 saturated carbocycles. The molecule has 1 aliphatic rings. The van der Waals surface area contributed by atoms with Gasteiger partial charge < -0.3 is 38.8 Å². The lowest BCUT2D eigenvalue weighted by Crippen LogP contribution is -2.66. The van der Waals surface area contributed by atoms with Crippen LogP contribution in [0.2, 0.25) is 0 Å². The SMILES string of the molecule is COc1ccc(C(OCC2OC(O)C(NC(C)=O)C(OC(C)=O)C2OC(C)=O)(c2ccccc2)c2ccc(OC)cc2)cc1. The van der Waals surface area contributed by atoms with Crippen LogP contribution in [0, 0.1) is 0 Å². The smallest absolute Gasteiger partial charge is 0.303 e. The van der Waals surface area contributed by atoms with E-state index < -0.39 is 54.1 Å².